The number of hydrogen-bond acceptors (Lipinski definition) is 2. The van der Waals surface area contributed by atoms with Gasteiger partial charge in [0.2, 0.25) is 0 Å². The van der Waals surface area contributed by atoms with E-state index in [1.54, 1.807) is 25.1 Å². The molecule has 0 saturated heterocycles. The van der Waals surface area contributed by atoms with Gasteiger partial charge in [-0.1, -0.05) is 18.2 Å². The lowest BCUT2D eigenvalue weighted by atomic mass is 10.1. The fourth-order valence-electron chi connectivity index (χ4n) is 1.66. The Bertz CT molecular complexity index is 449. The van der Waals surface area contributed by atoms with E-state index in [0.717, 1.165) is 5.56 Å². The maximum absolute atomic E-state index is 13.1. The molecule has 2 N–H and O–H groups in total. The topological polar surface area (TPSA) is 52.6 Å². The van der Waals surface area contributed by atoms with Gasteiger partial charge in [0.1, 0.15) is 5.82 Å². The van der Waals surface area contributed by atoms with Crippen molar-refractivity contribution in [1.29, 1.82) is 0 Å². The molecule has 104 valence electrons. The highest BCUT2D eigenvalue weighted by atomic mass is 19.1. The molecule has 5 heteroatoms. The van der Waals surface area contributed by atoms with E-state index in [4.69, 9.17) is 5.11 Å². The van der Waals surface area contributed by atoms with Crippen molar-refractivity contribution >= 4 is 6.03 Å². The van der Waals surface area contributed by atoms with Crippen LogP contribution < -0.4 is 5.32 Å². The number of carbonyl (C=O) groups excluding carboxylic acids is 1. The van der Waals surface area contributed by atoms with Gasteiger partial charge in [0.25, 0.3) is 0 Å². The summed E-state index contributed by atoms with van der Waals surface area (Å²) < 4.78 is 13.1. The molecule has 2 amide bonds. The number of aliphatic hydroxyl groups excluding tert-OH is 1. The minimum Gasteiger partial charge on any atom is -0.395 e. The van der Waals surface area contributed by atoms with Gasteiger partial charge in [-0.3, -0.25) is 0 Å². The molecule has 0 unspecified atom stereocenters. The normalized spacial score (nSPS) is 10.1. The molecular formula is C14H19FN2O2. The molecule has 0 fully saturated rings. The number of nitrogens with one attached hydrogen (secondary N) is 1. The van der Waals surface area contributed by atoms with Gasteiger partial charge in [-0.15, -0.1) is 6.58 Å². The van der Waals surface area contributed by atoms with Crippen LogP contribution in [0.5, 0.6) is 0 Å². The van der Waals surface area contributed by atoms with Crippen LogP contribution in [0.25, 0.3) is 0 Å². The lowest BCUT2D eigenvalue weighted by Gasteiger charge is -2.20. The molecule has 19 heavy (non-hydrogen) atoms. The molecule has 1 rings (SSSR count). The van der Waals surface area contributed by atoms with Gasteiger partial charge in [-0.05, 0) is 24.1 Å². The van der Waals surface area contributed by atoms with Crippen molar-refractivity contribution in [3.8, 4) is 0 Å². The minimum absolute atomic E-state index is 0.100. The van der Waals surface area contributed by atoms with E-state index in [1.807, 2.05) is 0 Å². The summed E-state index contributed by atoms with van der Waals surface area (Å²) in [5, 5.41) is 11.6. The van der Waals surface area contributed by atoms with E-state index in [-0.39, 0.29) is 25.0 Å². The zero-order valence-corrected chi connectivity index (χ0v) is 11.0. The number of urea groups is 1. The van der Waals surface area contributed by atoms with Crippen LogP contribution >= 0.6 is 0 Å². The number of benzene rings is 1. The summed E-state index contributed by atoms with van der Waals surface area (Å²) in [5.41, 5.74) is 1.37. The van der Waals surface area contributed by atoms with E-state index in [0.29, 0.717) is 18.7 Å². The first-order valence-corrected chi connectivity index (χ1v) is 6.08. The summed E-state index contributed by atoms with van der Waals surface area (Å²) >= 11 is 0. The molecule has 0 saturated carbocycles. The predicted molar refractivity (Wildman–Crippen MR) is 72.2 cm³/mol. The summed E-state index contributed by atoms with van der Waals surface area (Å²) in [4.78, 5) is 13.3. The number of halogens is 1. The second-order valence-electron chi connectivity index (χ2n) is 4.20. The van der Waals surface area contributed by atoms with E-state index in [2.05, 4.69) is 11.9 Å². The van der Waals surface area contributed by atoms with Crippen LogP contribution in [0.3, 0.4) is 0 Å². The van der Waals surface area contributed by atoms with Crippen LogP contribution in [-0.2, 0) is 6.54 Å². The van der Waals surface area contributed by atoms with E-state index in [1.165, 1.54) is 11.0 Å². The quantitative estimate of drug-likeness (QED) is 0.772. The van der Waals surface area contributed by atoms with Crippen molar-refractivity contribution in [3.05, 3.63) is 47.8 Å². The molecule has 0 atom stereocenters. The molecule has 0 aliphatic rings. The third-order valence-corrected chi connectivity index (χ3v) is 2.67. The molecule has 0 aliphatic heterocycles. The van der Waals surface area contributed by atoms with E-state index < -0.39 is 0 Å². The monoisotopic (exact) mass is 266 g/mol. The maximum Gasteiger partial charge on any atom is 0.318 e. The van der Waals surface area contributed by atoms with Crippen molar-refractivity contribution in [3.63, 3.8) is 0 Å². The van der Waals surface area contributed by atoms with E-state index in [9.17, 15) is 9.18 Å². The van der Waals surface area contributed by atoms with Gasteiger partial charge in [0.05, 0.1) is 6.61 Å². The largest absolute Gasteiger partial charge is 0.395 e. The third-order valence-electron chi connectivity index (χ3n) is 2.67. The highest BCUT2D eigenvalue weighted by Gasteiger charge is 2.10. The summed E-state index contributed by atoms with van der Waals surface area (Å²) in [7, 11) is 0. The number of hydrogen-bond donors (Lipinski definition) is 2. The second kappa shape index (κ2) is 7.53. The van der Waals surface area contributed by atoms with E-state index >= 15 is 0 Å². The Labute approximate surface area is 112 Å². The van der Waals surface area contributed by atoms with Gasteiger partial charge in [-0.25, -0.2) is 9.18 Å². The van der Waals surface area contributed by atoms with Crippen molar-refractivity contribution in [2.45, 2.75) is 13.5 Å². The molecule has 0 bridgehead atoms. The Hall–Kier alpha value is -1.88. The summed E-state index contributed by atoms with van der Waals surface area (Å²) in [6.07, 6.45) is 1.59. The Balaban J connectivity index is 2.56. The standard InChI is InChI=1S/C14H19FN2O2/c1-3-6-17(7-8-18)14(19)16-10-12-4-5-13(15)11(2)9-12/h3-5,9,18H,1,6-8,10H2,2H3,(H,16,19). The smallest absolute Gasteiger partial charge is 0.318 e. The molecule has 4 nitrogen and oxygen atoms in total. The lowest BCUT2D eigenvalue weighted by molar-refractivity contribution is 0.183. The third kappa shape index (κ3) is 4.71. The Kier molecular flexibility index (Phi) is 6.02. The minimum atomic E-state index is -0.282. The van der Waals surface area contributed by atoms with Gasteiger partial charge in [-0.2, -0.15) is 0 Å². The van der Waals surface area contributed by atoms with Gasteiger partial charge >= 0.3 is 6.03 Å². The fraction of sp³-hybridized carbons (Fsp3) is 0.357. The Morgan fingerprint density at radius 3 is 2.89 bits per heavy atom. The first-order valence-electron chi connectivity index (χ1n) is 6.08. The average molecular weight is 266 g/mol. The Morgan fingerprint density at radius 1 is 1.58 bits per heavy atom. The highest BCUT2D eigenvalue weighted by molar-refractivity contribution is 5.74. The second-order valence-corrected chi connectivity index (χ2v) is 4.20. The van der Waals surface area contributed by atoms with Crippen molar-refractivity contribution in [2.24, 2.45) is 0 Å². The zero-order valence-electron chi connectivity index (χ0n) is 11.0. The van der Waals surface area contributed by atoms with Crippen molar-refractivity contribution < 1.29 is 14.3 Å². The van der Waals surface area contributed by atoms with Gasteiger partial charge in [0, 0.05) is 19.6 Å². The van der Waals surface area contributed by atoms with Crippen LogP contribution in [0.2, 0.25) is 0 Å². The molecule has 0 spiro atoms. The number of rotatable bonds is 6. The zero-order chi connectivity index (χ0) is 14.3. The summed E-state index contributed by atoms with van der Waals surface area (Å²) in [6, 6.07) is 4.42. The van der Waals surface area contributed by atoms with Gasteiger partial charge < -0.3 is 15.3 Å². The fourth-order valence-corrected chi connectivity index (χ4v) is 1.66. The van der Waals surface area contributed by atoms with Crippen molar-refractivity contribution in [2.75, 3.05) is 19.7 Å². The van der Waals surface area contributed by atoms with Crippen LogP contribution in [0.1, 0.15) is 11.1 Å². The van der Waals surface area contributed by atoms with Crippen LogP contribution in [0.15, 0.2) is 30.9 Å². The number of aryl methyl sites for hydroxylation is 1. The van der Waals surface area contributed by atoms with Crippen LogP contribution in [0, 0.1) is 12.7 Å². The number of aliphatic hydroxyl groups is 1. The molecule has 0 aromatic heterocycles. The molecule has 0 radical (unpaired) electrons. The first-order chi connectivity index (χ1) is 9.08. The highest BCUT2D eigenvalue weighted by Crippen LogP contribution is 2.09. The van der Waals surface area contributed by atoms with Crippen molar-refractivity contribution in [1.82, 2.24) is 10.2 Å². The molecule has 0 aliphatic carbocycles. The summed E-state index contributed by atoms with van der Waals surface area (Å²) in [5.74, 6) is -0.261. The number of carbonyl (C=O) groups is 1. The number of nitrogens with zero attached hydrogens (tertiary/aromatic N) is 1. The maximum atomic E-state index is 13.1. The SMILES string of the molecule is C=CCN(CCO)C(=O)NCc1ccc(F)c(C)c1. The van der Waals surface area contributed by atoms with Crippen LogP contribution in [-0.4, -0.2) is 35.7 Å². The molecule has 1 aromatic carbocycles. The summed E-state index contributed by atoms with van der Waals surface area (Å²) in [6.45, 7) is 6.08. The average Bonchev–Trinajstić information content (AvgIpc) is 2.39. The predicted octanol–water partition coefficient (Wildman–Crippen LogP) is 1.82. The molecule has 0 heterocycles. The molecular weight excluding hydrogens is 247 g/mol. The number of amides is 2. The van der Waals surface area contributed by atoms with Crippen LogP contribution in [0.4, 0.5) is 9.18 Å². The first kappa shape index (κ1) is 15.2. The molecule has 1 aromatic rings. The van der Waals surface area contributed by atoms with Gasteiger partial charge in [0.15, 0.2) is 0 Å². The lowest BCUT2D eigenvalue weighted by Crippen LogP contribution is -2.41. The Morgan fingerprint density at radius 2 is 2.32 bits per heavy atom.